The number of hydrogen-bond donors (Lipinski definition) is 2. The van der Waals surface area contributed by atoms with Gasteiger partial charge in [-0.15, -0.1) is 0 Å². The minimum absolute atomic E-state index is 0.0571. The molecule has 34 heavy (non-hydrogen) atoms. The van der Waals surface area contributed by atoms with Crippen LogP contribution in [0.3, 0.4) is 0 Å². The van der Waals surface area contributed by atoms with Gasteiger partial charge < -0.3 is 20.4 Å². The summed E-state index contributed by atoms with van der Waals surface area (Å²) in [7, 11) is 0. The third-order valence-corrected chi connectivity index (χ3v) is 6.54. The van der Waals surface area contributed by atoms with E-state index in [9.17, 15) is 19.2 Å². The molecule has 1 saturated heterocycles. The maximum absolute atomic E-state index is 13.5. The molecule has 0 radical (unpaired) electrons. The number of nitrogens with zero attached hydrogens (tertiary/aromatic N) is 2. The van der Waals surface area contributed by atoms with Crippen molar-refractivity contribution in [2.24, 2.45) is 5.41 Å². The summed E-state index contributed by atoms with van der Waals surface area (Å²) in [4.78, 5) is 53.9. The first-order valence-electron chi connectivity index (χ1n) is 11.1. The van der Waals surface area contributed by atoms with Crippen molar-refractivity contribution in [1.29, 1.82) is 0 Å². The lowest BCUT2D eigenvalue weighted by molar-refractivity contribution is -0.141. The zero-order chi connectivity index (χ0) is 24.6. The van der Waals surface area contributed by atoms with Gasteiger partial charge in [0.2, 0.25) is 18.2 Å². The van der Waals surface area contributed by atoms with Crippen LogP contribution in [0.15, 0.2) is 42.5 Å². The van der Waals surface area contributed by atoms with Gasteiger partial charge in [0.25, 0.3) is 5.91 Å². The number of halogens is 1. The Balaban J connectivity index is 1.60. The number of carbonyl (C=O) groups excluding carboxylic acids is 4. The first kappa shape index (κ1) is 23.8. The van der Waals surface area contributed by atoms with E-state index < -0.39 is 17.5 Å². The molecule has 0 bridgehead atoms. The maximum Gasteiger partial charge on any atom is 0.256 e. The van der Waals surface area contributed by atoms with Crippen LogP contribution in [0.1, 0.15) is 31.1 Å². The molecule has 178 valence electrons. The number of hydrogen-bond acceptors (Lipinski definition) is 4. The fraction of sp³-hybridized carbons (Fsp3) is 0.360. The van der Waals surface area contributed by atoms with E-state index in [1.54, 1.807) is 29.2 Å². The molecule has 1 fully saturated rings. The molecule has 2 N–H and O–H groups in total. The van der Waals surface area contributed by atoms with Crippen molar-refractivity contribution in [3.05, 3.63) is 53.1 Å². The molecule has 2 aliphatic heterocycles. The minimum atomic E-state index is -0.826. The number of benzene rings is 2. The number of anilines is 1. The van der Waals surface area contributed by atoms with E-state index in [0.29, 0.717) is 22.7 Å². The first-order chi connectivity index (χ1) is 16.1. The highest BCUT2D eigenvalue weighted by atomic mass is 35.5. The van der Waals surface area contributed by atoms with Crippen molar-refractivity contribution in [3.8, 4) is 11.1 Å². The number of piperazine rings is 1. The first-order valence-corrected chi connectivity index (χ1v) is 11.5. The Hall–Kier alpha value is -3.39. The van der Waals surface area contributed by atoms with Crippen molar-refractivity contribution < 1.29 is 19.2 Å². The summed E-state index contributed by atoms with van der Waals surface area (Å²) in [6.07, 6.45) is 0.515. The Morgan fingerprint density at radius 3 is 2.44 bits per heavy atom. The molecule has 2 aromatic carbocycles. The predicted octanol–water partition coefficient (Wildman–Crippen LogP) is 2.77. The van der Waals surface area contributed by atoms with Gasteiger partial charge in [-0.3, -0.25) is 19.2 Å². The third kappa shape index (κ3) is 4.50. The standard InChI is InChI=1S/C25H27ClN4O4/c1-25(2,3)21(27-14-31)24(34)29-10-11-30-20(13-29)22(32)28-19-9-6-16(12-18(19)23(30)33)15-4-7-17(26)8-5-15/h4-9,12,14,20-21H,10-11,13H2,1-3H3,(H,27,31)(H,28,32)/t20-,21?/m1/s1. The van der Waals surface area contributed by atoms with Crippen molar-refractivity contribution in [2.75, 3.05) is 25.0 Å². The van der Waals surface area contributed by atoms with E-state index in [0.717, 1.165) is 11.1 Å². The summed E-state index contributed by atoms with van der Waals surface area (Å²) < 4.78 is 0. The molecule has 0 aliphatic carbocycles. The van der Waals surface area contributed by atoms with Crippen LogP contribution < -0.4 is 10.6 Å². The van der Waals surface area contributed by atoms with Gasteiger partial charge in [-0.1, -0.05) is 50.6 Å². The summed E-state index contributed by atoms with van der Waals surface area (Å²) in [6.45, 7) is 6.12. The highest BCUT2D eigenvalue weighted by Gasteiger charge is 2.43. The molecule has 2 heterocycles. The topological polar surface area (TPSA) is 98.8 Å². The van der Waals surface area contributed by atoms with Gasteiger partial charge in [0.15, 0.2) is 0 Å². The van der Waals surface area contributed by atoms with Crippen molar-refractivity contribution in [3.63, 3.8) is 0 Å². The largest absolute Gasteiger partial charge is 0.346 e. The Morgan fingerprint density at radius 1 is 1.12 bits per heavy atom. The molecule has 4 amide bonds. The molecule has 9 heteroatoms. The highest BCUT2D eigenvalue weighted by Crippen LogP contribution is 2.31. The zero-order valence-corrected chi connectivity index (χ0v) is 20.1. The van der Waals surface area contributed by atoms with E-state index in [4.69, 9.17) is 11.6 Å². The van der Waals surface area contributed by atoms with Crippen LogP contribution in [0.2, 0.25) is 5.02 Å². The van der Waals surface area contributed by atoms with Crippen molar-refractivity contribution >= 4 is 41.4 Å². The van der Waals surface area contributed by atoms with Gasteiger partial charge in [-0.05, 0) is 40.8 Å². The third-order valence-electron chi connectivity index (χ3n) is 6.29. The van der Waals surface area contributed by atoms with Crippen LogP contribution >= 0.6 is 11.6 Å². The normalized spacial score (nSPS) is 18.9. The Labute approximate surface area is 203 Å². The highest BCUT2D eigenvalue weighted by molar-refractivity contribution is 6.30. The molecule has 1 unspecified atom stereocenters. The Morgan fingerprint density at radius 2 is 1.79 bits per heavy atom. The van der Waals surface area contributed by atoms with Gasteiger partial charge >= 0.3 is 0 Å². The van der Waals surface area contributed by atoms with Gasteiger partial charge in [0, 0.05) is 18.1 Å². The second-order valence-electron chi connectivity index (χ2n) is 9.64. The van der Waals surface area contributed by atoms with Crippen molar-refractivity contribution in [2.45, 2.75) is 32.9 Å². The maximum atomic E-state index is 13.5. The van der Waals surface area contributed by atoms with Gasteiger partial charge in [0.05, 0.1) is 17.8 Å². The molecule has 0 spiro atoms. The van der Waals surface area contributed by atoms with Crippen LogP contribution in [-0.4, -0.2) is 65.6 Å². The number of amides is 4. The monoisotopic (exact) mass is 482 g/mol. The van der Waals surface area contributed by atoms with Crippen LogP contribution in [0.5, 0.6) is 0 Å². The van der Waals surface area contributed by atoms with Crippen LogP contribution in [0.25, 0.3) is 11.1 Å². The second-order valence-corrected chi connectivity index (χ2v) is 10.1. The van der Waals surface area contributed by atoms with Gasteiger partial charge in [-0.25, -0.2) is 0 Å². The molecule has 8 nitrogen and oxygen atoms in total. The minimum Gasteiger partial charge on any atom is -0.346 e. The zero-order valence-electron chi connectivity index (χ0n) is 19.3. The molecular weight excluding hydrogens is 456 g/mol. The molecule has 4 rings (SSSR count). The molecule has 2 aliphatic rings. The van der Waals surface area contributed by atoms with Gasteiger partial charge in [-0.2, -0.15) is 0 Å². The lowest BCUT2D eigenvalue weighted by atomic mass is 9.85. The van der Waals surface area contributed by atoms with Crippen LogP contribution in [-0.2, 0) is 14.4 Å². The van der Waals surface area contributed by atoms with E-state index in [2.05, 4.69) is 10.6 Å². The number of rotatable bonds is 4. The Bertz CT molecular complexity index is 1140. The lowest BCUT2D eigenvalue weighted by Gasteiger charge is -2.42. The molecular formula is C25H27ClN4O4. The fourth-order valence-electron chi connectivity index (χ4n) is 4.42. The van der Waals surface area contributed by atoms with Crippen LogP contribution in [0.4, 0.5) is 5.69 Å². The lowest BCUT2D eigenvalue weighted by Crippen LogP contribution is -2.63. The summed E-state index contributed by atoms with van der Waals surface area (Å²) in [5.41, 5.74) is 2.07. The quantitative estimate of drug-likeness (QED) is 0.654. The van der Waals surface area contributed by atoms with E-state index in [1.807, 2.05) is 39.0 Å². The van der Waals surface area contributed by atoms with E-state index >= 15 is 0 Å². The number of fused-ring (bicyclic) bond motifs is 2. The summed E-state index contributed by atoms with van der Waals surface area (Å²) in [5, 5.41) is 6.07. The predicted molar refractivity (Wildman–Crippen MR) is 129 cm³/mol. The van der Waals surface area contributed by atoms with Crippen LogP contribution in [0, 0.1) is 5.41 Å². The molecule has 2 atom stereocenters. The number of nitrogens with one attached hydrogen (secondary N) is 2. The van der Waals surface area contributed by atoms with E-state index in [-0.39, 0.29) is 37.4 Å². The summed E-state index contributed by atoms with van der Waals surface area (Å²) in [5.74, 6) is -0.884. The van der Waals surface area contributed by atoms with Gasteiger partial charge in [0.1, 0.15) is 12.1 Å². The van der Waals surface area contributed by atoms with Crippen molar-refractivity contribution in [1.82, 2.24) is 15.1 Å². The summed E-state index contributed by atoms with van der Waals surface area (Å²) in [6, 6.07) is 11.1. The SMILES string of the molecule is CC(C)(C)C(NC=O)C(=O)N1CCN2C(=O)c3cc(-c4ccc(Cl)cc4)ccc3NC(=O)[C@H]2C1. The Kier molecular flexibility index (Phi) is 6.36. The molecule has 2 aromatic rings. The molecule has 0 saturated carbocycles. The average molecular weight is 483 g/mol. The summed E-state index contributed by atoms with van der Waals surface area (Å²) >= 11 is 5.99. The smallest absolute Gasteiger partial charge is 0.256 e. The van der Waals surface area contributed by atoms with E-state index in [1.165, 1.54) is 4.90 Å². The average Bonchev–Trinajstić information content (AvgIpc) is 2.91. The molecule has 0 aromatic heterocycles. The fourth-order valence-corrected chi connectivity index (χ4v) is 4.54. The number of carbonyl (C=O) groups is 4. The second kappa shape index (κ2) is 9.10.